The average Bonchev–Trinajstić information content (AvgIpc) is 3.21. The van der Waals surface area contributed by atoms with Crippen molar-refractivity contribution in [1.29, 1.82) is 0 Å². The van der Waals surface area contributed by atoms with Crippen LogP contribution >= 0.6 is 34.4 Å². The summed E-state index contributed by atoms with van der Waals surface area (Å²) < 4.78 is 15.5. The van der Waals surface area contributed by atoms with Gasteiger partial charge in [0.15, 0.2) is 11.0 Å². The zero-order valence-electron chi connectivity index (χ0n) is 16.4. The molecule has 1 atom stereocenters. The molecule has 31 heavy (non-hydrogen) atoms. The molecule has 1 N–H and O–H groups in total. The lowest BCUT2D eigenvalue weighted by molar-refractivity contribution is -0.119. The van der Waals surface area contributed by atoms with Crippen LogP contribution in [0.3, 0.4) is 0 Å². The van der Waals surface area contributed by atoms with Crippen molar-refractivity contribution in [2.24, 2.45) is 0 Å². The summed E-state index contributed by atoms with van der Waals surface area (Å²) in [7, 11) is 0. The Morgan fingerprint density at radius 3 is 2.58 bits per heavy atom. The zero-order valence-corrected chi connectivity index (χ0v) is 18.9. The number of carbonyl (C=O) groups excluding carboxylic acids is 1. The molecule has 9 heteroatoms. The molecule has 0 saturated heterocycles. The average molecular weight is 471 g/mol. The van der Waals surface area contributed by atoms with Gasteiger partial charge in [-0.2, -0.15) is 0 Å². The van der Waals surface area contributed by atoms with Crippen molar-refractivity contribution in [2.45, 2.75) is 30.1 Å². The summed E-state index contributed by atoms with van der Waals surface area (Å²) >= 11 is 4.61. The van der Waals surface area contributed by atoms with Crippen LogP contribution in [0, 0.1) is 5.82 Å². The van der Waals surface area contributed by atoms with E-state index in [0.29, 0.717) is 6.04 Å². The topological polar surface area (TPSA) is 59.8 Å². The van der Waals surface area contributed by atoms with Gasteiger partial charge in [0.1, 0.15) is 5.82 Å². The third-order valence-corrected chi connectivity index (χ3v) is 7.73. The number of aromatic nitrogens is 3. The molecule has 1 amide bonds. The molecule has 1 saturated carbocycles. The Morgan fingerprint density at radius 2 is 1.90 bits per heavy atom. The molecule has 1 aliphatic carbocycles. The number of rotatable bonds is 8. The Kier molecular flexibility index (Phi) is 5.89. The van der Waals surface area contributed by atoms with Crippen LogP contribution in [-0.2, 0) is 4.79 Å². The number of amides is 1. The van der Waals surface area contributed by atoms with Gasteiger partial charge >= 0.3 is 0 Å². The first-order chi connectivity index (χ1) is 15.2. The van der Waals surface area contributed by atoms with Crippen molar-refractivity contribution in [3.05, 3.63) is 75.5 Å². The molecule has 0 bridgehead atoms. The van der Waals surface area contributed by atoms with Gasteiger partial charge < -0.3 is 5.32 Å². The highest BCUT2D eigenvalue weighted by Gasteiger charge is 2.30. The molecular weight excluding hydrogens is 451 g/mol. The molecule has 0 unspecified atom stereocenters. The molecule has 158 valence electrons. The zero-order chi connectivity index (χ0) is 21.2. The predicted octanol–water partition coefficient (Wildman–Crippen LogP) is 5.54. The Bertz CT molecular complexity index is 1150. The lowest BCUT2D eigenvalue weighted by Gasteiger charge is -2.18. The number of thiophene rings is 2. The maximum Gasteiger partial charge on any atom is 0.231 e. The highest BCUT2D eigenvalue weighted by atomic mass is 32.2. The molecule has 1 aliphatic rings. The minimum atomic E-state index is -0.309. The van der Waals surface area contributed by atoms with Crippen molar-refractivity contribution in [3.63, 3.8) is 0 Å². The van der Waals surface area contributed by atoms with Gasteiger partial charge in [-0.15, -0.1) is 32.9 Å². The fourth-order valence-corrected chi connectivity index (χ4v) is 5.70. The Morgan fingerprint density at radius 1 is 1.13 bits per heavy atom. The summed E-state index contributed by atoms with van der Waals surface area (Å²) in [5.74, 6) is 0.716. The van der Waals surface area contributed by atoms with Crippen LogP contribution in [0.15, 0.2) is 64.4 Å². The van der Waals surface area contributed by atoms with Crippen LogP contribution in [0.5, 0.6) is 0 Å². The molecule has 5 rings (SSSR count). The van der Waals surface area contributed by atoms with E-state index >= 15 is 0 Å². The summed E-state index contributed by atoms with van der Waals surface area (Å²) in [5.41, 5.74) is 0.850. The van der Waals surface area contributed by atoms with Crippen LogP contribution < -0.4 is 5.32 Å². The van der Waals surface area contributed by atoms with E-state index in [1.165, 1.54) is 23.9 Å². The standard InChI is InChI=1S/C22H19FN4OS3/c23-15-7-5-14(6-8-15)20(17-3-1-11-29-17)24-19(28)13-31-22-26-25-21(18-4-2-12-30-18)27(22)16-9-10-16/h1-8,11-12,16,20H,9-10,13H2,(H,24,28)/t20-/m0/s1. The van der Waals surface area contributed by atoms with Crippen molar-refractivity contribution in [3.8, 4) is 10.7 Å². The van der Waals surface area contributed by atoms with Gasteiger partial charge in [0, 0.05) is 10.9 Å². The number of carbonyl (C=O) groups is 1. The minimum Gasteiger partial charge on any atom is -0.344 e. The number of hydrogen-bond donors (Lipinski definition) is 1. The quantitative estimate of drug-likeness (QED) is 0.344. The van der Waals surface area contributed by atoms with Crippen LogP contribution in [-0.4, -0.2) is 26.4 Å². The number of benzene rings is 1. The lowest BCUT2D eigenvalue weighted by atomic mass is 10.1. The van der Waals surface area contributed by atoms with Crippen molar-refractivity contribution >= 4 is 40.3 Å². The van der Waals surface area contributed by atoms with Gasteiger partial charge in [-0.1, -0.05) is 36.0 Å². The van der Waals surface area contributed by atoms with Gasteiger partial charge in [-0.25, -0.2) is 4.39 Å². The third-order valence-electron chi connectivity index (χ3n) is 4.99. The molecule has 0 spiro atoms. The van der Waals surface area contributed by atoms with E-state index in [2.05, 4.69) is 20.1 Å². The monoisotopic (exact) mass is 470 g/mol. The molecule has 4 aromatic rings. The Balaban J connectivity index is 1.31. The smallest absolute Gasteiger partial charge is 0.231 e. The van der Waals surface area contributed by atoms with E-state index < -0.39 is 0 Å². The Hall–Kier alpha value is -2.49. The summed E-state index contributed by atoms with van der Waals surface area (Å²) in [6.07, 6.45) is 2.22. The molecule has 3 heterocycles. The van der Waals surface area contributed by atoms with E-state index in [-0.39, 0.29) is 23.5 Å². The van der Waals surface area contributed by atoms with Gasteiger partial charge in [0.05, 0.1) is 16.7 Å². The second-order valence-corrected chi connectivity index (χ2v) is 10.1. The fourth-order valence-electron chi connectivity index (χ4n) is 3.37. The lowest BCUT2D eigenvalue weighted by Crippen LogP contribution is -2.30. The van der Waals surface area contributed by atoms with Crippen LogP contribution in [0.1, 0.15) is 35.4 Å². The predicted molar refractivity (Wildman–Crippen MR) is 123 cm³/mol. The number of thioether (sulfide) groups is 1. The highest BCUT2D eigenvalue weighted by molar-refractivity contribution is 7.99. The SMILES string of the molecule is O=C(CSc1nnc(-c2cccs2)n1C1CC1)N[C@@H](c1ccc(F)cc1)c1cccs1. The summed E-state index contributed by atoms with van der Waals surface area (Å²) in [6, 6.07) is 14.3. The molecule has 5 nitrogen and oxygen atoms in total. The maximum absolute atomic E-state index is 13.4. The molecular formula is C22H19FN4OS3. The summed E-state index contributed by atoms with van der Waals surface area (Å²) in [5, 5.41) is 16.6. The summed E-state index contributed by atoms with van der Waals surface area (Å²) in [6.45, 7) is 0. The molecule has 1 fully saturated rings. The minimum absolute atomic E-state index is 0.101. The van der Waals surface area contributed by atoms with Gasteiger partial charge in [0.25, 0.3) is 0 Å². The van der Waals surface area contributed by atoms with Gasteiger partial charge in [0.2, 0.25) is 5.91 Å². The van der Waals surface area contributed by atoms with Crippen molar-refractivity contribution in [1.82, 2.24) is 20.1 Å². The molecule has 0 aliphatic heterocycles. The normalized spacial score (nSPS) is 14.5. The first-order valence-corrected chi connectivity index (χ1v) is 12.6. The van der Waals surface area contributed by atoms with Gasteiger partial charge in [-0.05, 0) is 53.4 Å². The van der Waals surface area contributed by atoms with Crippen molar-refractivity contribution < 1.29 is 9.18 Å². The largest absolute Gasteiger partial charge is 0.344 e. The van der Waals surface area contributed by atoms with Crippen LogP contribution in [0.25, 0.3) is 10.7 Å². The van der Waals surface area contributed by atoms with Crippen LogP contribution in [0.4, 0.5) is 4.39 Å². The number of hydrogen-bond acceptors (Lipinski definition) is 6. The van der Waals surface area contributed by atoms with Crippen LogP contribution in [0.2, 0.25) is 0 Å². The molecule has 0 radical (unpaired) electrons. The maximum atomic E-state index is 13.4. The fraction of sp³-hybridized carbons (Fsp3) is 0.227. The van der Waals surface area contributed by atoms with Gasteiger partial charge in [-0.3, -0.25) is 9.36 Å². The second kappa shape index (κ2) is 8.94. The highest BCUT2D eigenvalue weighted by Crippen LogP contribution is 2.41. The first-order valence-electron chi connectivity index (χ1n) is 9.89. The van der Waals surface area contributed by atoms with E-state index in [1.54, 1.807) is 34.8 Å². The summed E-state index contributed by atoms with van der Waals surface area (Å²) in [4.78, 5) is 14.9. The molecule has 1 aromatic carbocycles. The number of nitrogens with zero attached hydrogens (tertiary/aromatic N) is 3. The Labute approximate surface area is 191 Å². The second-order valence-electron chi connectivity index (χ2n) is 7.24. The van der Waals surface area contributed by atoms with E-state index in [1.807, 2.05) is 35.0 Å². The number of halogens is 1. The van der Waals surface area contributed by atoms with E-state index in [4.69, 9.17) is 0 Å². The number of nitrogens with one attached hydrogen (secondary N) is 1. The first kappa shape index (κ1) is 20.4. The van der Waals surface area contributed by atoms with E-state index in [0.717, 1.165) is 39.1 Å². The van der Waals surface area contributed by atoms with E-state index in [9.17, 15) is 9.18 Å². The third kappa shape index (κ3) is 4.58. The molecule has 3 aromatic heterocycles. The van der Waals surface area contributed by atoms with Crippen molar-refractivity contribution in [2.75, 3.05) is 5.75 Å².